The van der Waals surface area contributed by atoms with Gasteiger partial charge in [-0.15, -0.1) is 0 Å². The molecule has 6 nitrogen and oxygen atoms in total. The van der Waals surface area contributed by atoms with E-state index < -0.39 is 12.8 Å². The third-order valence-corrected chi connectivity index (χ3v) is 4.58. The van der Waals surface area contributed by atoms with Gasteiger partial charge < -0.3 is 20.1 Å². The number of rotatable bonds is 9. The van der Waals surface area contributed by atoms with Crippen LogP contribution in [0.1, 0.15) is 24.0 Å². The Labute approximate surface area is 170 Å². The lowest BCUT2D eigenvalue weighted by Gasteiger charge is -2.26. The summed E-state index contributed by atoms with van der Waals surface area (Å²) in [6.07, 6.45) is -2.28. The van der Waals surface area contributed by atoms with E-state index in [2.05, 4.69) is 20.5 Å². The largest absolute Gasteiger partial charge is 0.484 e. The molecule has 1 fully saturated rings. The molecule has 2 N–H and O–H groups in total. The first-order chi connectivity index (χ1) is 13.9. The van der Waals surface area contributed by atoms with Crippen molar-refractivity contribution in [2.45, 2.75) is 32.5 Å². The molecule has 1 aromatic rings. The van der Waals surface area contributed by atoms with Gasteiger partial charge in [0.1, 0.15) is 5.75 Å². The number of benzene rings is 1. The number of nitrogens with zero attached hydrogens (tertiary/aromatic N) is 2. The van der Waals surface area contributed by atoms with Gasteiger partial charge >= 0.3 is 6.18 Å². The van der Waals surface area contributed by atoms with Crippen LogP contribution in [0.2, 0.25) is 0 Å². The van der Waals surface area contributed by atoms with Gasteiger partial charge in [0.15, 0.2) is 12.6 Å². The number of aliphatic imine (C=N–C) groups is 1. The molecular formula is C20H31F3N4O2. The Bertz CT molecular complexity index is 647. The van der Waals surface area contributed by atoms with Crippen molar-refractivity contribution in [3.63, 3.8) is 0 Å². The number of aryl methyl sites for hydroxylation is 1. The molecule has 0 amide bonds. The lowest BCUT2D eigenvalue weighted by molar-refractivity contribution is -0.153. The van der Waals surface area contributed by atoms with Gasteiger partial charge in [0.05, 0.1) is 13.2 Å². The van der Waals surface area contributed by atoms with Gasteiger partial charge in [-0.1, -0.05) is 12.1 Å². The third-order valence-electron chi connectivity index (χ3n) is 4.58. The molecule has 1 aliphatic rings. The van der Waals surface area contributed by atoms with Crippen molar-refractivity contribution in [2.75, 3.05) is 53.0 Å². The Morgan fingerprint density at radius 3 is 2.66 bits per heavy atom. The number of alkyl halides is 3. The molecule has 9 heteroatoms. The number of guanidine groups is 1. The Morgan fingerprint density at radius 1 is 1.21 bits per heavy atom. The predicted octanol–water partition coefficient (Wildman–Crippen LogP) is 2.71. The van der Waals surface area contributed by atoms with Crippen molar-refractivity contribution in [1.29, 1.82) is 0 Å². The standard InChI is InChI=1S/C20H31F3N4O2/c1-16-5-6-17(18(13-16)29-15-20(21,22)23)14-26-19(24-2)25-7-3-4-8-27-9-11-28-12-10-27/h5-6,13H,3-4,7-12,14-15H2,1-2H3,(H2,24,25,26). The second kappa shape index (κ2) is 11.9. The highest BCUT2D eigenvalue weighted by molar-refractivity contribution is 5.79. The van der Waals surface area contributed by atoms with Crippen molar-refractivity contribution >= 4 is 5.96 Å². The lowest BCUT2D eigenvalue weighted by Crippen LogP contribution is -2.38. The first kappa shape index (κ1) is 23.3. The SMILES string of the molecule is CN=C(NCCCCN1CCOCC1)NCc1ccc(C)cc1OCC(F)(F)F. The molecule has 0 aromatic heterocycles. The average molecular weight is 416 g/mol. The van der Waals surface area contributed by atoms with Crippen LogP contribution in [0.15, 0.2) is 23.2 Å². The fourth-order valence-corrected chi connectivity index (χ4v) is 2.99. The molecule has 0 radical (unpaired) electrons. The molecule has 1 aliphatic heterocycles. The van der Waals surface area contributed by atoms with Crippen LogP contribution in [0, 0.1) is 6.92 Å². The number of ether oxygens (including phenoxy) is 2. The maximum atomic E-state index is 12.5. The summed E-state index contributed by atoms with van der Waals surface area (Å²) < 4.78 is 47.8. The molecule has 29 heavy (non-hydrogen) atoms. The van der Waals surface area contributed by atoms with Crippen LogP contribution >= 0.6 is 0 Å². The summed E-state index contributed by atoms with van der Waals surface area (Å²) in [6.45, 7) is 6.26. The van der Waals surface area contributed by atoms with Gasteiger partial charge in [-0.25, -0.2) is 0 Å². The van der Waals surface area contributed by atoms with Crippen molar-refractivity contribution in [3.05, 3.63) is 29.3 Å². The Kier molecular flexibility index (Phi) is 9.53. The maximum absolute atomic E-state index is 12.5. The van der Waals surface area contributed by atoms with Crippen molar-refractivity contribution in [1.82, 2.24) is 15.5 Å². The molecule has 0 unspecified atom stereocenters. The molecule has 0 aliphatic carbocycles. The zero-order chi connectivity index (χ0) is 21.1. The van der Waals surface area contributed by atoms with Gasteiger partial charge in [0.25, 0.3) is 0 Å². The van der Waals surface area contributed by atoms with Crippen LogP contribution in [-0.2, 0) is 11.3 Å². The molecule has 1 aromatic carbocycles. The van der Waals surface area contributed by atoms with Gasteiger partial charge in [0, 0.05) is 38.8 Å². The number of nitrogens with one attached hydrogen (secondary N) is 2. The Balaban J connectivity index is 1.73. The summed E-state index contributed by atoms with van der Waals surface area (Å²) in [5.74, 6) is 0.842. The van der Waals surface area contributed by atoms with E-state index >= 15 is 0 Å². The quantitative estimate of drug-likeness (QED) is 0.368. The van der Waals surface area contributed by atoms with Crippen LogP contribution in [0.3, 0.4) is 0 Å². The van der Waals surface area contributed by atoms with E-state index in [1.54, 1.807) is 19.2 Å². The second-order valence-electron chi connectivity index (χ2n) is 7.03. The average Bonchev–Trinajstić information content (AvgIpc) is 2.69. The van der Waals surface area contributed by atoms with E-state index in [1.807, 2.05) is 13.0 Å². The van der Waals surface area contributed by atoms with Gasteiger partial charge in [-0.2, -0.15) is 13.2 Å². The van der Waals surface area contributed by atoms with Crippen molar-refractivity contribution < 1.29 is 22.6 Å². The highest BCUT2D eigenvalue weighted by atomic mass is 19.4. The maximum Gasteiger partial charge on any atom is 0.422 e. The van der Waals surface area contributed by atoms with Crippen LogP contribution in [0.5, 0.6) is 5.75 Å². The van der Waals surface area contributed by atoms with Gasteiger partial charge in [-0.05, 0) is 37.9 Å². The minimum Gasteiger partial charge on any atom is -0.484 e. The van der Waals surface area contributed by atoms with Crippen LogP contribution in [0.25, 0.3) is 0 Å². The molecule has 0 atom stereocenters. The molecule has 0 saturated carbocycles. The smallest absolute Gasteiger partial charge is 0.422 e. The molecule has 1 saturated heterocycles. The summed E-state index contributed by atoms with van der Waals surface area (Å²) >= 11 is 0. The lowest BCUT2D eigenvalue weighted by atomic mass is 10.1. The summed E-state index contributed by atoms with van der Waals surface area (Å²) in [6, 6.07) is 5.23. The third kappa shape index (κ3) is 9.36. The summed E-state index contributed by atoms with van der Waals surface area (Å²) in [5, 5.41) is 6.37. The van der Waals surface area contributed by atoms with Crippen LogP contribution in [0.4, 0.5) is 13.2 Å². The van der Waals surface area contributed by atoms with E-state index in [0.717, 1.165) is 57.8 Å². The number of morpholine rings is 1. The van der Waals surface area contributed by atoms with Gasteiger partial charge in [0.2, 0.25) is 0 Å². The minimum atomic E-state index is -4.37. The van der Waals surface area contributed by atoms with E-state index in [1.165, 1.54) is 0 Å². The molecule has 0 spiro atoms. The molecule has 1 heterocycles. The molecular weight excluding hydrogens is 385 g/mol. The first-order valence-electron chi connectivity index (χ1n) is 9.91. The van der Waals surface area contributed by atoms with Crippen LogP contribution < -0.4 is 15.4 Å². The first-order valence-corrected chi connectivity index (χ1v) is 9.91. The number of hydrogen-bond acceptors (Lipinski definition) is 4. The Hall–Kier alpha value is -2.00. The minimum absolute atomic E-state index is 0.232. The fraction of sp³-hybridized carbons (Fsp3) is 0.650. The molecule has 2 rings (SSSR count). The summed E-state index contributed by atoms with van der Waals surface area (Å²) in [7, 11) is 1.67. The van der Waals surface area contributed by atoms with E-state index in [0.29, 0.717) is 18.1 Å². The summed E-state index contributed by atoms with van der Waals surface area (Å²) in [5.41, 5.74) is 1.49. The zero-order valence-corrected chi connectivity index (χ0v) is 17.1. The van der Waals surface area contributed by atoms with E-state index in [-0.39, 0.29) is 5.75 Å². The molecule has 164 valence electrons. The second-order valence-corrected chi connectivity index (χ2v) is 7.03. The zero-order valence-electron chi connectivity index (χ0n) is 17.1. The number of unbranched alkanes of at least 4 members (excludes halogenated alkanes) is 1. The highest BCUT2D eigenvalue weighted by Gasteiger charge is 2.28. The van der Waals surface area contributed by atoms with Gasteiger partial charge in [-0.3, -0.25) is 9.89 Å². The highest BCUT2D eigenvalue weighted by Crippen LogP contribution is 2.23. The van der Waals surface area contributed by atoms with Crippen molar-refractivity contribution in [2.24, 2.45) is 4.99 Å². The molecule has 0 bridgehead atoms. The van der Waals surface area contributed by atoms with E-state index in [9.17, 15) is 13.2 Å². The van der Waals surface area contributed by atoms with E-state index in [4.69, 9.17) is 9.47 Å². The van der Waals surface area contributed by atoms with Crippen LogP contribution in [-0.4, -0.2) is 70.1 Å². The summed E-state index contributed by atoms with van der Waals surface area (Å²) in [4.78, 5) is 6.57. The number of hydrogen-bond donors (Lipinski definition) is 2. The topological polar surface area (TPSA) is 58.1 Å². The Morgan fingerprint density at radius 2 is 1.97 bits per heavy atom. The number of halogens is 3. The van der Waals surface area contributed by atoms with Crippen molar-refractivity contribution in [3.8, 4) is 5.75 Å². The fourth-order valence-electron chi connectivity index (χ4n) is 2.99. The normalized spacial score (nSPS) is 16.0. The monoisotopic (exact) mass is 416 g/mol. The predicted molar refractivity (Wildman–Crippen MR) is 107 cm³/mol.